The van der Waals surface area contributed by atoms with Gasteiger partial charge in [-0.15, -0.1) is 0 Å². The SMILES string of the molecule is O=CCCCCCCC/C=C/CC(F)(F)F. The highest BCUT2D eigenvalue weighted by Crippen LogP contribution is 2.19. The molecule has 0 bridgehead atoms. The minimum atomic E-state index is -4.08. The van der Waals surface area contributed by atoms with Gasteiger partial charge in [0.1, 0.15) is 6.29 Å². The van der Waals surface area contributed by atoms with E-state index in [0.29, 0.717) is 12.8 Å². The van der Waals surface area contributed by atoms with Crippen LogP contribution in [0.15, 0.2) is 12.2 Å². The maximum Gasteiger partial charge on any atom is 0.392 e. The van der Waals surface area contributed by atoms with E-state index >= 15 is 0 Å². The van der Waals surface area contributed by atoms with Gasteiger partial charge in [0, 0.05) is 6.42 Å². The van der Waals surface area contributed by atoms with E-state index in [1.54, 1.807) is 6.08 Å². The standard InChI is InChI=1S/C12H19F3O/c13-12(14,15)10-8-6-4-2-1-3-5-7-9-11-16/h6,8,11H,1-5,7,9-10H2/b8-6+. The predicted octanol–water partition coefficient (Wildman–Crippen LogP) is 4.42. The Morgan fingerprint density at radius 3 is 1.94 bits per heavy atom. The molecular weight excluding hydrogens is 217 g/mol. The van der Waals surface area contributed by atoms with E-state index in [-0.39, 0.29) is 0 Å². The molecule has 94 valence electrons. The third-order valence-corrected chi connectivity index (χ3v) is 2.21. The summed E-state index contributed by atoms with van der Waals surface area (Å²) >= 11 is 0. The van der Waals surface area contributed by atoms with E-state index in [0.717, 1.165) is 38.4 Å². The fourth-order valence-corrected chi connectivity index (χ4v) is 1.36. The van der Waals surface area contributed by atoms with E-state index in [1.165, 1.54) is 6.08 Å². The number of unbranched alkanes of at least 4 members (excludes halogenated alkanes) is 6. The van der Waals surface area contributed by atoms with Gasteiger partial charge < -0.3 is 4.79 Å². The van der Waals surface area contributed by atoms with E-state index in [1.807, 2.05) is 0 Å². The average Bonchev–Trinajstić information content (AvgIpc) is 2.19. The van der Waals surface area contributed by atoms with Crippen molar-refractivity contribution in [2.75, 3.05) is 0 Å². The molecule has 4 heteroatoms. The molecule has 0 fully saturated rings. The number of hydrogen-bond acceptors (Lipinski definition) is 1. The Morgan fingerprint density at radius 2 is 1.38 bits per heavy atom. The summed E-state index contributed by atoms with van der Waals surface area (Å²) < 4.78 is 35.2. The summed E-state index contributed by atoms with van der Waals surface area (Å²) in [5, 5.41) is 0. The van der Waals surface area contributed by atoms with Gasteiger partial charge >= 0.3 is 6.18 Å². The van der Waals surface area contributed by atoms with Gasteiger partial charge in [0.15, 0.2) is 0 Å². The van der Waals surface area contributed by atoms with Crippen LogP contribution in [-0.4, -0.2) is 12.5 Å². The topological polar surface area (TPSA) is 17.1 Å². The molecule has 0 amide bonds. The first kappa shape index (κ1) is 15.2. The molecule has 1 nitrogen and oxygen atoms in total. The highest BCUT2D eigenvalue weighted by atomic mass is 19.4. The zero-order valence-electron chi connectivity index (χ0n) is 9.43. The summed E-state index contributed by atoms with van der Waals surface area (Å²) in [4.78, 5) is 9.99. The fourth-order valence-electron chi connectivity index (χ4n) is 1.36. The molecule has 0 saturated heterocycles. The molecule has 0 unspecified atom stereocenters. The smallest absolute Gasteiger partial charge is 0.303 e. The van der Waals surface area contributed by atoms with Gasteiger partial charge in [-0.25, -0.2) is 0 Å². The van der Waals surface area contributed by atoms with Crippen LogP contribution in [0.4, 0.5) is 13.2 Å². The molecule has 0 aliphatic heterocycles. The lowest BCUT2D eigenvalue weighted by Gasteiger charge is -2.00. The first-order chi connectivity index (χ1) is 7.56. The van der Waals surface area contributed by atoms with Gasteiger partial charge in [0.05, 0.1) is 6.42 Å². The van der Waals surface area contributed by atoms with Crippen LogP contribution in [0.3, 0.4) is 0 Å². The number of carbonyl (C=O) groups is 1. The van der Waals surface area contributed by atoms with Crippen LogP contribution in [0.5, 0.6) is 0 Å². The Hall–Kier alpha value is -0.800. The van der Waals surface area contributed by atoms with Crippen molar-refractivity contribution in [2.24, 2.45) is 0 Å². The highest BCUT2D eigenvalue weighted by Gasteiger charge is 2.24. The minimum absolute atomic E-state index is 0.617. The molecule has 0 rings (SSSR count). The van der Waals surface area contributed by atoms with Gasteiger partial charge in [0.25, 0.3) is 0 Å². The zero-order valence-corrected chi connectivity index (χ0v) is 9.43. The van der Waals surface area contributed by atoms with Gasteiger partial charge in [-0.2, -0.15) is 13.2 Å². The summed E-state index contributed by atoms with van der Waals surface area (Å²) in [5.74, 6) is 0. The number of aldehydes is 1. The van der Waals surface area contributed by atoms with Gasteiger partial charge in [-0.05, 0) is 19.3 Å². The third kappa shape index (κ3) is 13.2. The highest BCUT2D eigenvalue weighted by molar-refractivity contribution is 5.48. The van der Waals surface area contributed by atoms with Crippen LogP contribution >= 0.6 is 0 Å². The normalized spacial score (nSPS) is 12.2. The van der Waals surface area contributed by atoms with Crippen LogP contribution < -0.4 is 0 Å². The second kappa shape index (κ2) is 9.43. The van der Waals surface area contributed by atoms with Crippen molar-refractivity contribution in [3.8, 4) is 0 Å². The van der Waals surface area contributed by atoms with Gasteiger partial charge in [-0.1, -0.05) is 31.4 Å². The molecule has 0 aromatic carbocycles. The minimum Gasteiger partial charge on any atom is -0.303 e. The number of hydrogen-bond donors (Lipinski definition) is 0. The molecule has 0 atom stereocenters. The van der Waals surface area contributed by atoms with Crippen LogP contribution in [0.25, 0.3) is 0 Å². The summed E-state index contributed by atoms with van der Waals surface area (Å²) in [5.41, 5.74) is 0. The molecule has 0 heterocycles. The van der Waals surface area contributed by atoms with Gasteiger partial charge in [0.2, 0.25) is 0 Å². The lowest BCUT2D eigenvalue weighted by Crippen LogP contribution is -2.03. The molecule has 0 saturated carbocycles. The maximum absolute atomic E-state index is 11.7. The largest absolute Gasteiger partial charge is 0.392 e. The van der Waals surface area contributed by atoms with E-state index in [9.17, 15) is 18.0 Å². The van der Waals surface area contributed by atoms with Crippen molar-refractivity contribution in [3.05, 3.63) is 12.2 Å². The van der Waals surface area contributed by atoms with E-state index in [2.05, 4.69) is 0 Å². The second-order valence-electron chi connectivity index (χ2n) is 3.80. The van der Waals surface area contributed by atoms with Crippen molar-refractivity contribution < 1.29 is 18.0 Å². The predicted molar refractivity (Wildman–Crippen MR) is 58.2 cm³/mol. The third-order valence-electron chi connectivity index (χ3n) is 2.21. The summed E-state index contributed by atoms with van der Waals surface area (Å²) in [6, 6.07) is 0. The van der Waals surface area contributed by atoms with Crippen LogP contribution in [0.1, 0.15) is 51.4 Å². The Labute approximate surface area is 94.7 Å². The van der Waals surface area contributed by atoms with Crippen molar-refractivity contribution in [3.63, 3.8) is 0 Å². The van der Waals surface area contributed by atoms with Crippen molar-refractivity contribution in [2.45, 2.75) is 57.5 Å². The number of rotatable bonds is 9. The molecule has 0 N–H and O–H groups in total. The van der Waals surface area contributed by atoms with Crippen LogP contribution in [-0.2, 0) is 4.79 Å². The summed E-state index contributed by atoms with van der Waals surface area (Å²) in [6.45, 7) is 0. The van der Waals surface area contributed by atoms with Crippen molar-refractivity contribution in [1.82, 2.24) is 0 Å². The quantitative estimate of drug-likeness (QED) is 0.329. The molecule has 0 radical (unpaired) electrons. The van der Waals surface area contributed by atoms with Crippen LogP contribution in [0, 0.1) is 0 Å². The number of alkyl halides is 3. The van der Waals surface area contributed by atoms with Crippen molar-refractivity contribution in [1.29, 1.82) is 0 Å². The lowest BCUT2D eigenvalue weighted by atomic mass is 10.1. The molecule has 0 aromatic heterocycles. The lowest BCUT2D eigenvalue weighted by molar-refractivity contribution is -0.125. The second-order valence-corrected chi connectivity index (χ2v) is 3.80. The van der Waals surface area contributed by atoms with Gasteiger partial charge in [-0.3, -0.25) is 0 Å². The molecular formula is C12H19F3O. The monoisotopic (exact) mass is 236 g/mol. The first-order valence-electron chi connectivity index (χ1n) is 5.71. The van der Waals surface area contributed by atoms with Crippen LogP contribution in [0.2, 0.25) is 0 Å². The Balaban J connectivity index is 3.17. The van der Waals surface area contributed by atoms with E-state index in [4.69, 9.17) is 0 Å². The number of carbonyl (C=O) groups excluding carboxylic acids is 1. The molecule has 0 spiro atoms. The number of halogens is 3. The molecule has 0 aliphatic carbocycles. The Bertz CT molecular complexity index is 197. The summed E-state index contributed by atoms with van der Waals surface area (Å²) in [7, 11) is 0. The van der Waals surface area contributed by atoms with E-state index < -0.39 is 12.6 Å². The zero-order chi connectivity index (χ0) is 12.3. The van der Waals surface area contributed by atoms with Crippen molar-refractivity contribution >= 4 is 6.29 Å². The Morgan fingerprint density at radius 1 is 0.812 bits per heavy atom. The molecule has 0 aromatic rings. The fraction of sp³-hybridized carbons (Fsp3) is 0.750. The number of allylic oxidation sites excluding steroid dienone is 2. The Kier molecular flexibility index (Phi) is 8.96. The summed E-state index contributed by atoms with van der Waals surface area (Å²) in [6.07, 6.45) is 5.09. The molecule has 16 heavy (non-hydrogen) atoms. The first-order valence-corrected chi connectivity index (χ1v) is 5.71. The maximum atomic E-state index is 11.7. The average molecular weight is 236 g/mol. The molecule has 0 aliphatic rings.